The number of nitrogens with zero attached hydrogens (tertiary/aromatic N) is 1. The minimum absolute atomic E-state index is 0.0862. The number of ether oxygens (including phenoxy) is 3. The number of hydrogen-bond acceptors (Lipinski definition) is 7. The van der Waals surface area contributed by atoms with E-state index in [4.69, 9.17) is 24.9 Å². The van der Waals surface area contributed by atoms with Gasteiger partial charge in [0.25, 0.3) is 0 Å². The number of hydrogen-bond donors (Lipinski definition) is 1. The van der Waals surface area contributed by atoms with Gasteiger partial charge in [-0.2, -0.15) is 5.26 Å². The van der Waals surface area contributed by atoms with Crippen LogP contribution in [0.2, 0.25) is 0 Å². The summed E-state index contributed by atoms with van der Waals surface area (Å²) in [5.41, 5.74) is 0.110. The largest absolute Gasteiger partial charge is 0.493 e. The molecule has 0 saturated carbocycles. The molecule has 1 rings (SSSR count). The SMILES string of the molecule is COc1cc(C(=O)OCC(=O)[C@H](C#N)C(C)=N)ccc1OCC(C)C. The number of ketones is 1. The molecule has 0 amide bonds. The van der Waals surface area contributed by atoms with Gasteiger partial charge in [-0.05, 0) is 31.0 Å². The standard InChI is InChI=1S/C18H22N2O5/c1-11(2)9-24-16-6-5-13(7-17(16)23-4)18(22)25-10-15(21)14(8-19)12(3)20/h5-7,11,14,20H,9-10H2,1-4H3/t14-/m1/s1. The molecule has 0 heterocycles. The first-order chi connectivity index (χ1) is 11.8. The van der Waals surface area contributed by atoms with Crippen LogP contribution in [0.5, 0.6) is 11.5 Å². The Hall–Kier alpha value is -2.88. The summed E-state index contributed by atoms with van der Waals surface area (Å²) in [5.74, 6) is -1.33. The number of carbonyl (C=O) groups is 2. The Morgan fingerprint density at radius 2 is 1.96 bits per heavy atom. The van der Waals surface area contributed by atoms with Crippen molar-refractivity contribution in [3.05, 3.63) is 23.8 Å². The molecule has 0 radical (unpaired) electrons. The number of rotatable bonds is 9. The molecular formula is C18H22N2O5. The third kappa shape index (κ3) is 5.92. The molecule has 7 nitrogen and oxygen atoms in total. The van der Waals surface area contributed by atoms with Crippen molar-refractivity contribution in [3.8, 4) is 17.6 Å². The molecule has 1 aromatic carbocycles. The Labute approximate surface area is 147 Å². The summed E-state index contributed by atoms with van der Waals surface area (Å²) in [6, 6.07) is 6.28. The van der Waals surface area contributed by atoms with Gasteiger partial charge < -0.3 is 19.6 Å². The number of carbonyl (C=O) groups excluding carboxylic acids is 2. The summed E-state index contributed by atoms with van der Waals surface area (Å²) in [6.07, 6.45) is 0. The highest BCUT2D eigenvalue weighted by Crippen LogP contribution is 2.28. The molecule has 0 aliphatic heterocycles. The van der Waals surface area contributed by atoms with Crippen molar-refractivity contribution < 1.29 is 23.8 Å². The number of esters is 1. The minimum atomic E-state index is -1.20. The van der Waals surface area contributed by atoms with E-state index in [1.54, 1.807) is 12.1 Å². The van der Waals surface area contributed by atoms with Gasteiger partial charge in [-0.15, -0.1) is 0 Å². The van der Waals surface area contributed by atoms with Crippen molar-refractivity contribution in [3.63, 3.8) is 0 Å². The monoisotopic (exact) mass is 346 g/mol. The zero-order valence-electron chi connectivity index (χ0n) is 14.8. The predicted molar refractivity (Wildman–Crippen MR) is 91.1 cm³/mol. The van der Waals surface area contributed by atoms with Gasteiger partial charge in [0, 0.05) is 5.71 Å². The van der Waals surface area contributed by atoms with Gasteiger partial charge in [0.15, 0.2) is 23.9 Å². The van der Waals surface area contributed by atoms with Crippen molar-refractivity contribution in [2.45, 2.75) is 20.8 Å². The van der Waals surface area contributed by atoms with E-state index in [9.17, 15) is 9.59 Å². The van der Waals surface area contributed by atoms with Crippen LogP contribution in [-0.4, -0.2) is 37.8 Å². The van der Waals surface area contributed by atoms with Crippen LogP contribution in [0.3, 0.4) is 0 Å². The highest BCUT2D eigenvalue weighted by molar-refractivity contribution is 6.06. The van der Waals surface area contributed by atoms with Crippen molar-refractivity contribution >= 4 is 17.5 Å². The highest BCUT2D eigenvalue weighted by atomic mass is 16.5. The lowest BCUT2D eigenvalue weighted by atomic mass is 10.0. The van der Waals surface area contributed by atoms with Crippen molar-refractivity contribution in [1.82, 2.24) is 0 Å². The Kier molecular flexibility index (Phi) is 7.60. The molecule has 0 aromatic heterocycles. The van der Waals surface area contributed by atoms with E-state index >= 15 is 0 Å². The number of Topliss-reactive ketones (excluding diaryl/α,β-unsaturated/α-hetero) is 1. The molecule has 7 heteroatoms. The minimum Gasteiger partial charge on any atom is -0.493 e. The lowest BCUT2D eigenvalue weighted by Crippen LogP contribution is -2.25. The molecule has 1 N–H and O–H groups in total. The number of nitriles is 1. The number of nitrogens with one attached hydrogen (secondary N) is 1. The van der Waals surface area contributed by atoms with Crippen LogP contribution >= 0.6 is 0 Å². The normalized spacial score (nSPS) is 11.4. The fourth-order valence-corrected chi connectivity index (χ4v) is 1.88. The molecule has 0 unspecified atom stereocenters. The van der Waals surface area contributed by atoms with Gasteiger partial charge in [0.1, 0.15) is 5.92 Å². The van der Waals surface area contributed by atoms with Crippen molar-refractivity contribution in [2.24, 2.45) is 11.8 Å². The molecule has 134 valence electrons. The summed E-state index contributed by atoms with van der Waals surface area (Å²) >= 11 is 0. The summed E-state index contributed by atoms with van der Waals surface area (Å²) in [6.45, 7) is 5.32. The Morgan fingerprint density at radius 3 is 2.48 bits per heavy atom. The average Bonchev–Trinajstić information content (AvgIpc) is 2.57. The highest BCUT2D eigenvalue weighted by Gasteiger charge is 2.22. The smallest absolute Gasteiger partial charge is 0.338 e. The van der Waals surface area contributed by atoms with Crippen LogP contribution in [0.1, 0.15) is 31.1 Å². The first-order valence-electron chi connectivity index (χ1n) is 7.75. The second-order valence-corrected chi connectivity index (χ2v) is 5.86. The van der Waals surface area contributed by atoms with E-state index in [0.717, 1.165) is 0 Å². The third-order valence-electron chi connectivity index (χ3n) is 3.20. The lowest BCUT2D eigenvalue weighted by Gasteiger charge is -2.13. The maximum atomic E-state index is 12.1. The molecule has 0 bridgehead atoms. The van der Waals surface area contributed by atoms with Crippen LogP contribution in [0.4, 0.5) is 0 Å². The van der Waals surface area contributed by atoms with E-state index < -0.39 is 24.3 Å². The number of methoxy groups -OCH3 is 1. The van der Waals surface area contributed by atoms with Crippen molar-refractivity contribution in [2.75, 3.05) is 20.3 Å². The average molecular weight is 346 g/mol. The van der Waals surface area contributed by atoms with Crippen LogP contribution in [0.15, 0.2) is 18.2 Å². The van der Waals surface area contributed by atoms with E-state index in [2.05, 4.69) is 0 Å². The maximum absolute atomic E-state index is 12.1. The summed E-state index contributed by atoms with van der Waals surface area (Å²) in [4.78, 5) is 23.9. The van der Waals surface area contributed by atoms with Crippen LogP contribution in [0, 0.1) is 28.6 Å². The van der Waals surface area contributed by atoms with Crippen LogP contribution in [-0.2, 0) is 9.53 Å². The fourth-order valence-electron chi connectivity index (χ4n) is 1.88. The molecular weight excluding hydrogens is 324 g/mol. The Morgan fingerprint density at radius 1 is 1.28 bits per heavy atom. The first-order valence-corrected chi connectivity index (χ1v) is 7.75. The zero-order chi connectivity index (χ0) is 19.0. The molecule has 0 fully saturated rings. The van der Waals surface area contributed by atoms with Crippen molar-refractivity contribution in [1.29, 1.82) is 10.7 Å². The third-order valence-corrected chi connectivity index (χ3v) is 3.20. The van der Waals surface area contributed by atoms with E-state index in [-0.39, 0.29) is 11.3 Å². The molecule has 1 aromatic rings. The molecule has 0 saturated heterocycles. The molecule has 25 heavy (non-hydrogen) atoms. The summed E-state index contributed by atoms with van der Waals surface area (Å²) < 4.78 is 15.7. The Bertz CT molecular complexity index is 691. The summed E-state index contributed by atoms with van der Waals surface area (Å²) in [5, 5.41) is 16.2. The van der Waals surface area contributed by atoms with Gasteiger partial charge in [-0.1, -0.05) is 13.8 Å². The molecule has 0 aliphatic rings. The second kappa shape index (κ2) is 9.42. The quantitative estimate of drug-likeness (QED) is 0.544. The van der Waals surface area contributed by atoms with Gasteiger partial charge in [-0.3, -0.25) is 4.79 Å². The zero-order valence-corrected chi connectivity index (χ0v) is 14.8. The van der Waals surface area contributed by atoms with Gasteiger partial charge in [-0.25, -0.2) is 4.79 Å². The second-order valence-electron chi connectivity index (χ2n) is 5.86. The van der Waals surface area contributed by atoms with E-state index in [1.165, 1.54) is 26.2 Å². The maximum Gasteiger partial charge on any atom is 0.338 e. The van der Waals surface area contributed by atoms with Crippen LogP contribution in [0.25, 0.3) is 0 Å². The molecule has 1 atom stereocenters. The topological polar surface area (TPSA) is 109 Å². The van der Waals surface area contributed by atoms with Gasteiger partial charge >= 0.3 is 5.97 Å². The van der Waals surface area contributed by atoms with E-state index in [1.807, 2.05) is 13.8 Å². The van der Waals surface area contributed by atoms with Crippen LogP contribution < -0.4 is 9.47 Å². The van der Waals surface area contributed by atoms with Gasteiger partial charge in [0.2, 0.25) is 0 Å². The molecule has 0 spiro atoms. The number of benzene rings is 1. The first kappa shape index (κ1) is 20.2. The predicted octanol–water partition coefficient (Wildman–Crippen LogP) is 2.64. The van der Waals surface area contributed by atoms with Gasteiger partial charge in [0.05, 0.1) is 25.3 Å². The fraction of sp³-hybridized carbons (Fsp3) is 0.444. The molecule has 0 aliphatic carbocycles. The Balaban J connectivity index is 2.77. The lowest BCUT2D eigenvalue weighted by molar-refractivity contribution is -0.122. The van der Waals surface area contributed by atoms with E-state index in [0.29, 0.717) is 24.0 Å². The summed E-state index contributed by atoms with van der Waals surface area (Å²) in [7, 11) is 1.46.